The molecule has 0 saturated heterocycles. The molecule has 0 amide bonds. The Bertz CT molecular complexity index is 1310. The molecular formula is C18H15N8S2+. The zero-order chi connectivity index (χ0) is 19.1. The maximum atomic E-state index is 4.54. The number of fused-ring (bicyclic) bond motifs is 2. The molecule has 5 rings (SSSR count). The third kappa shape index (κ3) is 3.10. The lowest BCUT2D eigenvalue weighted by Gasteiger charge is -2.06. The molecule has 28 heavy (non-hydrogen) atoms. The summed E-state index contributed by atoms with van der Waals surface area (Å²) in [5.41, 5.74) is 2.73. The highest BCUT2D eigenvalue weighted by atomic mass is 32.2. The van der Waals surface area contributed by atoms with E-state index < -0.39 is 0 Å². The zero-order valence-corrected chi connectivity index (χ0v) is 16.7. The second-order valence-corrected chi connectivity index (χ2v) is 8.24. The minimum atomic E-state index is 0.782. The van der Waals surface area contributed by atoms with Gasteiger partial charge in [0.2, 0.25) is 0 Å². The van der Waals surface area contributed by atoms with E-state index in [2.05, 4.69) is 36.5 Å². The molecule has 8 nitrogen and oxygen atoms in total. The van der Waals surface area contributed by atoms with Crippen molar-refractivity contribution in [2.24, 2.45) is 7.05 Å². The Kier molecular flexibility index (Phi) is 4.21. The lowest BCUT2D eigenvalue weighted by Crippen LogP contribution is -2.27. The van der Waals surface area contributed by atoms with Crippen LogP contribution in [0, 0.1) is 6.92 Å². The minimum absolute atomic E-state index is 0.782. The molecule has 0 unspecified atom stereocenters. The molecule has 0 spiro atoms. The summed E-state index contributed by atoms with van der Waals surface area (Å²) in [6.07, 6.45) is 3.51. The van der Waals surface area contributed by atoms with Crippen LogP contribution in [0.3, 0.4) is 0 Å². The van der Waals surface area contributed by atoms with Crippen LogP contribution in [0.2, 0.25) is 0 Å². The predicted octanol–water partition coefficient (Wildman–Crippen LogP) is 2.83. The van der Waals surface area contributed by atoms with Crippen molar-refractivity contribution in [1.82, 2.24) is 35.0 Å². The first kappa shape index (κ1) is 17.1. The molecule has 0 bridgehead atoms. The van der Waals surface area contributed by atoms with Crippen LogP contribution in [0.5, 0.6) is 0 Å². The van der Waals surface area contributed by atoms with Crippen LogP contribution in [0.4, 0.5) is 0 Å². The van der Waals surface area contributed by atoms with Crippen LogP contribution in [0.1, 0.15) is 5.69 Å². The summed E-state index contributed by atoms with van der Waals surface area (Å²) in [5, 5.41) is 22.8. The lowest BCUT2D eigenvalue weighted by molar-refractivity contribution is -0.622. The molecule has 0 saturated carbocycles. The monoisotopic (exact) mass is 407 g/mol. The molecule has 0 aliphatic carbocycles. The minimum Gasteiger partial charge on any atom is -0.311 e. The molecule has 0 aliphatic rings. The van der Waals surface area contributed by atoms with E-state index in [1.165, 1.54) is 0 Å². The van der Waals surface area contributed by atoms with Crippen LogP contribution in [-0.2, 0) is 7.05 Å². The highest BCUT2D eigenvalue weighted by Crippen LogP contribution is 2.34. The Balaban J connectivity index is 1.54. The summed E-state index contributed by atoms with van der Waals surface area (Å²) in [6, 6.07) is 12.1. The van der Waals surface area contributed by atoms with Crippen molar-refractivity contribution in [2.45, 2.75) is 27.0 Å². The van der Waals surface area contributed by atoms with Crippen molar-refractivity contribution in [3.05, 3.63) is 54.6 Å². The van der Waals surface area contributed by atoms with Gasteiger partial charge in [0.05, 0.1) is 16.3 Å². The van der Waals surface area contributed by atoms with Gasteiger partial charge in [0.15, 0.2) is 5.16 Å². The summed E-state index contributed by atoms with van der Waals surface area (Å²) in [6.45, 7) is 1.96. The Morgan fingerprint density at radius 2 is 2.04 bits per heavy atom. The van der Waals surface area contributed by atoms with Gasteiger partial charge >= 0.3 is 5.16 Å². The molecule has 1 aromatic carbocycles. The number of aromatic nitrogens is 8. The fourth-order valence-electron chi connectivity index (χ4n) is 2.79. The number of pyridine rings is 1. The second kappa shape index (κ2) is 6.88. The van der Waals surface area contributed by atoms with E-state index in [1.54, 1.807) is 29.9 Å². The number of aromatic amines is 1. The van der Waals surface area contributed by atoms with E-state index in [-0.39, 0.29) is 0 Å². The maximum absolute atomic E-state index is 4.54. The number of hydrogen-bond donors (Lipinski definition) is 1. The molecule has 0 aliphatic heterocycles. The van der Waals surface area contributed by atoms with E-state index in [1.807, 2.05) is 59.6 Å². The van der Waals surface area contributed by atoms with E-state index in [0.29, 0.717) is 0 Å². The van der Waals surface area contributed by atoms with Crippen molar-refractivity contribution in [3.63, 3.8) is 0 Å². The second-order valence-electron chi connectivity index (χ2n) is 6.19. The molecule has 1 N–H and O–H groups in total. The molecule has 4 aromatic heterocycles. The van der Waals surface area contributed by atoms with Crippen LogP contribution < -0.4 is 4.52 Å². The largest absolute Gasteiger partial charge is 0.365 e. The molecular weight excluding hydrogens is 392 g/mol. The molecule has 0 radical (unpaired) electrons. The summed E-state index contributed by atoms with van der Waals surface area (Å²) < 4.78 is 3.72. The standard InChI is InChI=1S/C18H14N8S2/c1-11-3-6-16-21-23-18(26(16)24-11)27-12-4-5-14-13(9-12)15(7-8-19-14)28-17-22-20-10-25(17)2/h3-10H,1-2H3/p+1. The topological polar surface area (TPSA) is 89.3 Å². The predicted molar refractivity (Wildman–Crippen MR) is 105 cm³/mol. The number of nitrogens with one attached hydrogen (secondary N) is 1. The van der Waals surface area contributed by atoms with Gasteiger partial charge in [-0.2, -0.15) is 0 Å². The van der Waals surface area contributed by atoms with Crippen molar-refractivity contribution >= 4 is 40.1 Å². The number of H-pyrrole nitrogens is 1. The summed E-state index contributed by atoms with van der Waals surface area (Å²) in [4.78, 5) is 6.63. The Hall–Kier alpha value is -2.98. The number of benzene rings is 1. The number of nitrogens with zero attached hydrogens (tertiary/aromatic N) is 7. The fourth-order valence-corrected chi connectivity index (χ4v) is 4.50. The van der Waals surface area contributed by atoms with Gasteiger partial charge in [0.1, 0.15) is 6.33 Å². The van der Waals surface area contributed by atoms with Crippen LogP contribution in [-0.4, -0.2) is 35.0 Å². The maximum Gasteiger partial charge on any atom is 0.365 e. The summed E-state index contributed by atoms with van der Waals surface area (Å²) >= 11 is 3.13. The quantitative estimate of drug-likeness (QED) is 0.458. The van der Waals surface area contributed by atoms with E-state index >= 15 is 0 Å². The molecule has 0 fully saturated rings. The zero-order valence-electron chi connectivity index (χ0n) is 15.1. The van der Waals surface area contributed by atoms with Crippen LogP contribution in [0.25, 0.3) is 16.6 Å². The summed E-state index contributed by atoms with van der Waals surface area (Å²) in [7, 11) is 1.93. The van der Waals surface area contributed by atoms with Gasteiger partial charge in [-0.3, -0.25) is 4.98 Å². The molecule has 10 heteroatoms. The van der Waals surface area contributed by atoms with Gasteiger partial charge in [-0.15, -0.1) is 20.4 Å². The first-order valence-corrected chi connectivity index (χ1v) is 10.1. The third-order valence-corrected chi connectivity index (χ3v) is 6.23. The van der Waals surface area contributed by atoms with Gasteiger partial charge in [-0.1, -0.05) is 4.52 Å². The SMILES string of the molecule is Cc1ccc2[nH]nc(Sc3ccc4nccc(Sc5nncn5C)c4c3)[n+]2n1. The smallest absolute Gasteiger partial charge is 0.311 e. The van der Waals surface area contributed by atoms with Crippen molar-refractivity contribution in [1.29, 1.82) is 0 Å². The van der Waals surface area contributed by atoms with Crippen LogP contribution in [0.15, 0.2) is 69.0 Å². The normalized spacial score (nSPS) is 11.5. The number of rotatable bonds is 4. The molecule has 0 atom stereocenters. The number of aryl methyl sites for hydroxylation is 2. The molecule has 5 aromatic rings. The van der Waals surface area contributed by atoms with Gasteiger partial charge in [-0.05, 0) is 60.8 Å². The highest BCUT2D eigenvalue weighted by Gasteiger charge is 2.17. The van der Waals surface area contributed by atoms with E-state index in [9.17, 15) is 0 Å². The fraction of sp³-hybridized carbons (Fsp3) is 0.111. The van der Waals surface area contributed by atoms with Gasteiger partial charge in [0.25, 0.3) is 5.65 Å². The molecule has 4 heterocycles. The van der Waals surface area contributed by atoms with E-state index in [0.717, 1.165) is 42.3 Å². The molecule has 138 valence electrons. The van der Waals surface area contributed by atoms with E-state index in [4.69, 9.17) is 0 Å². The van der Waals surface area contributed by atoms with Gasteiger partial charge in [-0.25, -0.2) is 0 Å². The lowest BCUT2D eigenvalue weighted by atomic mass is 10.2. The van der Waals surface area contributed by atoms with Gasteiger partial charge in [0, 0.05) is 34.5 Å². The van der Waals surface area contributed by atoms with Crippen molar-refractivity contribution < 1.29 is 4.52 Å². The first-order valence-electron chi connectivity index (χ1n) is 8.50. The highest BCUT2D eigenvalue weighted by molar-refractivity contribution is 7.99. The van der Waals surface area contributed by atoms with Crippen molar-refractivity contribution in [2.75, 3.05) is 0 Å². The average Bonchev–Trinajstić information content (AvgIpc) is 3.28. The Morgan fingerprint density at radius 3 is 2.89 bits per heavy atom. The third-order valence-electron chi connectivity index (χ3n) is 4.17. The number of hydrogen-bond acceptors (Lipinski definition) is 7. The Morgan fingerprint density at radius 1 is 1.11 bits per heavy atom. The van der Waals surface area contributed by atoms with Crippen LogP contribution >= 0.6 is 23.5 Å². The van der Waals surface area contributed by atoms with Crippen molar-refractivity contribution in [3.8, 4) is 0 Å². The first-order chi connectivity index (χ1) is 13.7. The Labute approximate surface area is 168 Å². The summed E-state index contributed by atoms with van der Waals surface area (Å²) in [5.74, 6) is 0. The average molecular weight is 408 g/mol. The van der Waals surface area contributed by atoms with Gasteiger partial charge < -0.3 is 4.57 Å².